The highest BCUT2D eigenvalue weighted by Gasteiger charge is 2.07. The number of aliphatic imine (C=N–C) groups is 1. The summed E-state index contributed by atoms with van der Waals surface area (Å²) in [6, 6.07) is 11.7. The molecule has 0 heterocycles. The fourth-order valence-corrected chi connectivity index (χ4v) is 2.87. The van der Waals surface area contributed by atoms with Gasteiger partial charge in [0.25, 0.3) is 0 Å². The minimum atomic E-state index is 0. The average molecular weight is 529 g/mol. The number of methoxy groups -OCH3 is 4. The second-order valence-electron chi connectivity index (χ2n) is 6.25. The van der Waals surface area contributed by atoms with Crippen LogP contribution in [0.5, 0.6) is 23.0 Å². The molecule has 0 bridgehead atoms. The predicted octanol–water partition coefficient (Wildman–Crippen LogP) is 4.35. The Morgan fingerprint density at radius 3 is 2.03 bits per heavy atom. The highest BCUT2D eigenvalue weighted by Crippen LogP contribution is 2.30. The maximum atomic E-state index is 5.36. The smallest absolute Gasteiger partial charge is 0.195 e. The van der Waals surface area contributed by atoms with E-state index in [1.807, 2.05) is 37.3 Å². The Balaban J connectivity index is 0.00000450. The van der Waals surface area contributed by atoms with Gasteiger partial charge in [-0.05, 0) is 49.6 Å². The Morgan fingerprint density at radius 2 is 1.43 bits per heavy atom. The van der Waals surface area contributed by atoms with Gasteiger partial charge in [-0.3, -0.25) is 4.99 Å². The van der Waals surface area contributed by atoms with Crippen LogP contribution in [0.4, 0.5) is 5.69 Å². The molecule has 2 rings (SSSR count). The lowest BCUT2D eigenvalue weighted by molar-refractivity contribution is 0.354. The van der Waals surface area contributed by atoms with Crippen LogP contribution in [-0.4, -0.2) is 47.5 Å². The monoisotopic (exact) mass is 529 g/mol. The molecule has 7 nitrogen and oxygen atoms in total. The third kappa shape index (κ3) is 7.47. The molecule has 0 radical (unpaired) electrons. The van der Waals surface area contributed by atoms with Crippen LogP contribution in [0, 0.1) is 0 Å². The van der Waals surface area contributed by atoms with Gasteiger partial charge in [-0.15, -0.1) is 24.0 Å². The van der Waals surface area contributed by atoms with Crippen LogP contribution in [-0.2, 0) is 6.42 Å². The van der Waals surface area contributed by atoms with Crippen molar-refractivity contribution in [3.8, 4) is 23.0 Å². The van der Waals surface area contributed by atoms with Crippen molar-refractivity contribution in [1.82, 2.24) is 5.32 Å². The first-order chi connectivity index (χ1) is 14.1. The normalized spacial score (nSPS) is 10.6. The van der Waals surface area contributed by atoms with Crippen LogP contribution in [0.1, 0.15) is 18.9 Å². The van der Waals surface area contributed by atoms with E-state index in [1.165, 1.54) is 5.56 Å². The molecule has 0 aliphatic rings. The number of anilines is 1. The molecule has 0 saturated heterocycles. The van der Waals surface area contributed by atoms with Gasteiger partial charge in [0.2, 0.25) is 0 Å². The lowest BCUT2D eigenvalue weighted by Crippen LogP contribution is -2.30. The largest absolute Gasteiger partial charge is 0.493 e. The second-order valence-corrected chi connectivity index (χ2v) is 6.25. The van der Waals surface area contributed by atoms with Crippen LogP contribution < -0.4 is 29.6 Å². The van der Waals surface area contributed by atoms with E-state index in [2.05, 4.69) is 21.7 Å². The first-order valence-corrected chi connectivity index (χ1v) is 9.63. The topological polar surface area (TPSA) is 73.3 Å². The quantitative estimate of drug-likeness (QED) is 0.207. The van der Waals surface area contributed by atoms with E-state index in [1.54, 1.807) is 28.4 Å². The SMILES string of the molecule is CCNC(=NCCCc1ccc(OC)c(OC)c1)Nc1ccc(OC)c(OC)c1.I. The molecule has 0 aromatic heterocycles. The van der Waals surface area contributed by atoms with Crippen molar-refractivity contribution in [3.63, 3.8) is 0 Å². The predicted molar refractivity (Wildman–Crippen MR) is 132 cm³/mol. The van der Waals surface area contributed by atoms with E-state index < -0.39 is 0 Å². The summed E-state index contributed by atoms with van der Waals surface area (Å²) in [6.07, 6.45) is 1.82. The molecule has 2 N–H and O–H groups in total. The zero-order valence-corrected chi connectivity index (χ0v) is 20.6. The molecule has 0 fully saturated rings. The Labute approximate surface area is 196 Å². The number of rotatable bonds is 10. The molecule has 0 saturated carbocycles. The van der Waals surface area contributed by atoms with Crippen molar-refractivity contribution in [3.05, 3.63) is 42.0 Å². The molecule has 2 aromatic rings. The summed E-state index contributed by atoms with van der Waals surface area (Å²) >= 11 is 0. The number of halogens is 1. The van der Waals surface area contributed by atoms with Gasteiger partial charge < -0.3 is 29.6 Å². The Morgan fingerprint density at radius 1 is 0.833 bits per heavy atom. The zero-order chi connectivity index (χ0) is 21.1. The van der Waals surface area contributed by atoms with Crippen molar-refractivity contribution in [2.75, 3.05) is 46.8 Å². The summed E-state index contributed by atoms with van der Waals surface area (Å²) in [5.41, 5.74) is 2.07. The van der Waals surface area contributed by atoms with E-state index in [0.29, 0.717) is 18.0 Å². The van der Waals surface area contributed by atoms with Crippen LogP contribution in [0.3, 0.4) is 0 Å². The Kier molecular flexibility index (Phi) is 11.8. The van der Waals surface area contributed by atoms with Gasteiger partial charge in [-0.25, -0.2) is 0 Å². The molecule has 0 aliphatic carbocycles. The van der Waals surface area contributed by atoms with Gasteiger partial charge >= 0.3 is 0 Å². The molecular weight excluding hydrogens is 497 g/mol. The number of guanidine groups is 1. The van der Waals surface area contributed by atoms with Gasteiger partial charge in [-0.2, -0.15) is 0 Å². The molecule has 0 unspecified atom stereocenters. The lowest BCUT2D eigenvalue weighted by Gasteiger charge is -2.14. The summed E-state index contributed by atoms with van der Waals surface area (Å²) < 4.78 is 21.3. The van der Waals surface area contributed by atoms with Crippen LogP contribution in [0.15, 0.2) is 41.4 Å². The summed E-state index contributed by atoms with van der Waals surface area (Å²) in [5, 5.41) is 6.56. The zero-order valence-electron chi connectivity index (χ0n) is 18.3. The van der Waals surface area contributed by atoms with Crippen LogP contribution in [0.2, 0.25) is 0 Å². The third-order valence-corrected chi connectivity index (χ3v) is 4.33. The van der Waals surface area contributed by atoms with E-state index in [-0.39, 0.29) is 24.0 Å². The number of hydrogen-bond acceptors (Lipinski definition) is 5. The third-order valence-electron chi connectivity index (χ3n) is 4.33. The van der Waals surface area contributed by atoms with Crippen molar-refractivity contribution < 1.29 is 18.9 Å². The first kappa shape index (κ1) is 25.7. The van der Waals surface area contributed by atoms with Crippen molar-refractivity contribution in [2.45, 2.75) is 19.8 Å². The number of ether oxygens (including phenoxy) is 4. The fourth-order valence-electron chi connectivity index (χ4n) is 2.87. The number of hydrogen-bond donors (Lipinski definition) is 2. The molecule has 30 heavy (non-hydrogen) atoms. The molecule has 2 aromatic carbocycles. The van der Waals surface area contributed by atoms with Gasteiger partial charge in [0.05, 0.1) is 28.4 Å². The van der Waals surface area contributed by atoms with Crippen molar-refractivity contribution in [2.24, 2.45) is 4.99 Å². The highest BCUT2D eigenvalue weighted by molar-refractivity contribution is 14.0. The molecular formula is C22H32IN3O4. The molecule has 8 heteroatoms. The number of nitrogens with zero attached hydrogens (tertiary/aromatic N) is 1. The standard InChI is InChI=1S/C22H31N3O4.HI/c1-6-23-22(25-17-10-12-19(27-3)21(15-17)29-5)24-13-7-8-16-9-11-18(26-2)20(14-16)28-4;/h9-12,14-15H,6-8,13H2,1-5H3,(H2,23,24,25);1H. The van der Waals surface area contributed by atoms with Crippen LogP contribution >= 0.6 is 24.0 Å². The Bertz CT molecular complexity index is 815. The van der Waals surface area contributed by atoms with Crippen LogP contribution in [0.25, 0.3) is 0 Å². The van der Waals surface area contributed by atoms with Gasteiger partial charge in [-0.1, -0.05) is 6.07 Å². The first-order valence-electron chi connectivity index (χ1n) is 9.63. The van der Waals surface area contributed by atoms with Crippen molar-refractivity contribution in [1.29, 1.82) is 0 Å². The fraction of sp³-hybridized carbons (Fsp3) is 0.409. The van der Waals surface area contributed by atoms with Gasteiger partial charge in [0.15, 0.2) is 29.0 Å². The van der Waals surface area contributed by atoms with Crippen molar-refractivity contribution >= 4 is 35.6 Å². The lowest BCUT2D eigenvalue weighted by atomic mass is 10.1. The van der Waals surface area contributed by atoms with Gasteiger partial charge in [0, 0.05) is 24.8 Å². The summed E-state index contributed by atoms with van der Waals surface area (Å²) in [7, 11) is 6.53. The van der Waals surface area contributed by atoms with Gasteiger partial charge in [0.1, 0.15) is 0 Å². The molecule has 166 valence electrons. The molecule has 0 atom stereocenters. The number of aryl methyl sites for hydroxylation is 1. The van der Waals surface area contributed by atoms with E-state index >= 15 is 0 Å². The summed E-state index contributed by atoms with van der Waals surface area (Å²) in [4.78, 5) is 4.66. The molecule has 0 amide bonds. The second kappa shape index (κ2) is 13.8. The minimum Gasteiger partial charge on any atom is -0.493 e. The molecule has 0 aliphatic heterocycles. The van der Waals surface area contributed by atoms with E-state index in [9.17, 15) is 0 Å². The minimum absolute atomic E-state index is 0. The number of nitrogens with one attached hydrogen (secondary N) is 2. The Hall–Kier alpha value is -2.36. The van der Waals surface area contributed by atoms with E-state index in [4.69, 9.17) is 18.9 Å². The molecule has 0 spiro atoms. The summed E-state index contributed by atoms with van der Waals surface area (Å²) in [6.45, 7) is 3.50. The maximum absolute atomic E-state index is 5.36. The summed E-state index contributed by atoms with van der Waals surface area (Å²) in [5.74, 6) is 3.57. The highest BCUT2D eigenvalue weighted by atomic mass is 127. The average Bonchev–Trinajstić information content (AvgIpc) is 2.76. The number of benzene rings is 2. The maximum Gasteiger partial charge on any atom is 0.195 e. The van der Waals surface area contributed by atoms with E-state index in [0.717, 1.165) is 42.5 Å².